The molecule has 148 valence electrons. The predicted molar refractivity (Wildman–Crippen MR) is 93.7 cm³/mol. The molecule has 1 saturated heterocycles. The van der Waals surface area contributed by atoms with E-state index in [1.807, 2.05) is 0 Å². The summed E-state index contributed by atoms with van der Waals surface area (Å²) in [6.45, 7) is 0.821. The summed E-state index contributed by atoms with van der Waals surface area (Å²) in [5.74, 6) is -3.92. The van der Waals surface area contributed by atoms with Gasteiger partial charge in [-0.1, -0.05) is 6.07 Å². The predicted octanol–water partition coefficient (Wildman–Crippen LogP) is 3.26. The Morgan fingerprint density at radius 3 is 2.36 bits per heavy atom. The molecular weight excluding hydrogens is 377 g/mol. The summed E-state index contributed by atoms with van der Waals surface area (Å²) in [5.41, 5.74) is -0.463. The van der Waals surface area contributed by atoms with Crippen LogP contribution in [-0.4, -0.2) is 48.3 Å². The fourth-order valence-corrected chi connectivity index (χ4v) is 2.86. The number of nitrogens with zero attached hydrogens (tertiary/aromatic N) is 2. The first-order valence-corrected chi connectivity index (χ1v) is 8.48. The number of amides is 2. The van der Waals surface area contributed by atoms with Crippen LogP contribution in [0.3, 0.4) is 0 Å². The Morgan fingerprint density at radius 1 is 1.04 bits per heavy atom. The molecule has 0 aromatic heterocycles. The van der Waals surface area contributed by atoms with Crippen molar-refractivity contribution in [3.63, 3.8) is 0 Å². The molecule has 2 aromatic carbocycles. The summed E-state index contributed by atoms with van der Waals surface area (Å²) >= 11 is 0. The van der Waals surface area contributed by atoms with Crippen LogP contribution in [0.1, 0.15) is 15.9 Å². The number of hydrogen-bond acceptors (Lipinski definition) is 3. The minimum absolute atomic E-state index is 0.00432. The highest BCUT2D eigenvalue weighted by atomic mass is 19.1. The van der Waals surface area contributed by atoms with E-state index in [0.29, 0.717) is 19.3 Å². The molecule has 0 bridgehead atoms. The number of hydrogen-bond donors (Lipinski definition) is 1. The minimum atomic E-state index is -1.30. The van der Waals surface area contributed by atoms with Crippen molar-refractivity contribution >= 4 is 17.7 Å². The van der Waals surface area contributed by atoms with E-state index < -0.39 is 29.5 Å². The van der Waals surface area contributed by atoms with Gasteiger partial charge < -0.3 is 14.7 Å². The van der Waals surface area contributed by atoms with Gasteiger partial charge in [-0.25, -0.2) is 22.8 Å². The molecule has 1 N–H and O–H groups in total. The van der Waals surface area contributed by atoms with Crippen molar-refractivity contribution in [2.45, 2.75) is 6.54 Å². The Labute approximate surface area is 158 Å². The largest absolute Gasteiger partial charge is 0.478 e. The number of morpholine rings is 1. The maximum absolute atomic E-state index is 14.4. The molecule has 1 heterocycles. The van der Waals surface area contributed by atoms with Gasteiger partial charge in [0, 0.05) is 24.7 Å². The molecule has 1 aliphatic rings. The molecule has 28 heavy (non-hydrogen) atoms. The summed E-state index contributed by atoms with van der Waals surface area (Å²) in [5, 5.41) is 8.95. The second-order valence-electron chi connectivity index (χ2n) is 6.18. The van der Waals surface area contributed by atoms with E-state index in [1.165, 1.54) is 17.0 Å². The number of aromatic carboxylic acids is 1. The highest BCUT2D eigenvalue weighted by molar-refractivity contribution is 5.92. The van der Waals surface area contributed by atoms with Gasteiger partial charge >= 0.3 is 12.0 Å². The van der Waals surface area contributed by atoms with Crippen LogP contribution in [0.25, 0.3) is 0 Å². The monoisotopic (exact) mass is 394 g/mol. The quantitative estimate of drug-likeness (QED) is 0.864. The molecule has 0 spiro atoms. The standard InChI is InChI=1S/C19H17F3N2O4/c20-14-3-4-17(16(22)10-14)24(19(27)23-5-7-28-8-6-23)11-13-2-1-12(18(25)26)9-15(13)21/h1-4,9-10H,5-8,11H2,(H,25,26). The number of carboxylic acids is 1. The molecule has 2 aromatic rings. The van der Waals surface area contributed by atoms with Gasteiger partial charge in [0.25, 0.3) is 0 Å². The first kappa shape index (κ1) is 19.7. The second-order valence-corrected chi connectivity index (χ2v) is 6.18. The third-order valence-corrected chi connectivity index (χ3v) is 4.34. The van der Waals surface area contributed by atoms with Crippen molar-refractivity contribution < 1.29 is 32.6 Å². The van der Waals surface area contributed by atoms with Gasteiger partial charge in [-0.3, -0.25) is 4.90 Å². The number of benzene rings is 2. The number of urea groups is 1. The number of ether oxygens (including phenoxy) is 1. The molecule has 9 heteroatoms. The van der Waals surface area contributed by atoms with Crippen LogP contribution in [0, 0.1) is 17.5 Å². The Bertz CT molecular complexity index is 901. The third kappa shape index (κ3) is 4.25. The van der Waals surface area contributed by atoms with Crippen molar-refractivity contribution in [3.05, 3.63) is 65.0 Å². The summed E-state index contributed by atoms with van der Waals surface area (Å²) < 4.78 is 47.2. The SMILES string of the molecule is O=C(O)c1ccc(CN(C(=O)N2CCOCC2)c2ccc(F)cc2F)c(F)c1. The zero-order chi connectivity index (χ0) is 20.3. The maximum atomic E-state index is 14.4. The molecular formula is C19H17F3N2O4. The van der Waals surface area contributed by atoms with E-state index in [2.05, 4.69) is 0 Å². The lowest BCUT2D eigenvalue weighted by molar-refractivity contribution is 0.0547. The van der Waals surface area contributed by atoms with E-state index in [4.69, 9.17) is 9.84 Å². The fraction of sp³-hybridized carbons (Fsp3) is 0.263. The van der Waals surface area contributed by atoms with Crippen LogP contribution < -0.4 is 4.90 Å². The van der Waals surface area contributed by atoms with Gasteiger partial charge in [0.15, 0.2) is 0 Å². The fourth-order valence-electron chi connectivity index (χ4n) is 2.86. The van der Waals surface area contributed by atoms with Gasteiger partial charge in [0.05, 0.1) is 31.0 Å². The van der Waals surface area contributed by atoms with Crippen LogP contribution in [0.5, 0.6) is 0 Å². The number of carboxylic acid groups (broad SMARTS) is 1. The highest BCUT2D eigenvalue weighted by Crippen LogP contribution is 2.25. The average molecular weight is 394 g/mol. The van der Waals surface area contributed by atoms with E-state index in [1.54, 1.807) is 0 Å². The smallest absolute Gasteiger partial charge is 0.335 e. The summed E-state index contributed by atoms with van der Waals surface area (Å²) in [6.07, 6.45) is 0. The van der Waals surface area contributed by atoms with E-state index >= 15 is 0 Å². The van der Waals surface area contributed by atoms with Crippen LogP contribution in [0.2, 0.25) is 0 Å². The lowest BCUT2D eigenvalue weighted by atomic mass is 10.1. The van der Waals surface area contributed by atoms with E-state index in [-0.39, 0.29) is 36.4 Å². The lowest BCUT2D eigenvalue weighted by Gasteiger charge is -2.33. The van der Waals surface area contributed by atoms with Crippen LogP contribution in [0.15, 0.2) is 36.4 Å². The number of carbonyl (C=O) groups excluding carboxylic acids is 1. The van der Waals surface area contributed by atoms with Crippen molar-refractivity contribution in [1.29, 1.82) is 0 Å². The van der Waals surface area contributed by atoms with Gasteiger partial charge in [0.2, 0.25) is 0 Å². The van der Waals surface area contributed by atoms with Gasteiger partial charge in [0.1, 0.15) is 17.5 Å². The molecule has 2 amide bonds. The number of halogens is 3. The normalized spacial score (nSPS) is 14.0. The molecule has 3 rings (SSSR count). The average Bonchev–Trinajstić information content (AvgIpc) is 2.68. The zero-order valence-corrected chi connectivity index (χ0v) is 14.7. The van der Waals surface area contributed by atoms with Crippen molar-refractivity contribution in [2.75, 3.05) is 31.2 Å². The van der Waals surface area contributed by atoms with Crippen molar-refractivity contribution in [2.24, 2.45) is 0 Å². The van der Waals surface area contributed by atoms with E-state index in [9.17, 15) is 22.8 Å². The molecule has 1 aliphatic heterocycles. The summed E-state index contributed by atoms with van der Waals surface area (Å²) in [6, 6.07) is 5.40. The zero-order valence-electron chi connectivity index (χ0n) is 14.7. The summed E-state index contributed by atoms with van der Waals surface area (Å²) in [7, 11) is 0. The van der Waals surface area contributed by atoms with Crippen LogP contribution in [0.4, 0.5) is 23.7 Å². The van der Waals surface area contributed by atoms with Crippen molar-refractivity contribution in [1.82, 2.24) is 4.90 Å². The van der Waals surface area contributed by atoms with Crippen molar-refractivity contribution in [3.8, 4) is 0 Å². The van der Waals surface area contributed by atoms with Gasteiger partial charge in [-0.2, -0.15) is 0 Å². The first-order chi connectivity index (χ1) is 13.4. The Morgan fingerprint density at radius 2 is 1.75 bits per heavy atom. The summed E-state index contributed by atoms with van der Waals surface area (Å²) in [4.78, 5) is 26.3. The number of carbonyl (C=O) groups is 2. The van der Waals surface area contributed by atoms with Gasteiger partial charge in [-0.05, 0) is 24.3 Å². The molecule has 0 radical (unpaired) electrons. The second kappa shape index (κ2) is 8.30. The molecule has 0 unspecified atom stereocenters. The molecule has 0 aliphatic carbocycles. The number of rotatable bonds is 4. The topological polar surface area (TPSA) is 70.1 Å². The molecule has 0 saturated carbocycles. The third-order valence-electron chi connectivity index (χ3n) is 4.34. The Kier molecular flexibility index (Phi) is 5.84. The maximum Gasteiger partial charge on any atom is 0.335 e. The minimum Gasteiger partial charge on any atom is -0.478 e. The first-order valence-electron chi connectivity index (χ1n) is 8.48. The number of anilines is 1. The van der Waals surface area contributed by atoms with Crippen LogP contribution in [-0.2, 0) is 11.3 Å². The Balaban J connectivity index is 1.96. The lowest BCUT2D eigenvalue weighted by Crippen LogP contribution is -2.48. The van der Waals surface area contributed by atoms with E-state index in [0.717, 1.165) is 23.1 Å². The van der Waals surface area contributed by atoms with Gasteiger partial charge in [-0.15, -0.1) is 0 Å². The Hall–Kier alpha value is -3.07. The molecule has 1 fully saturated rings. The highest BCUT2D eigenvalue weighted by Gasteiger charge is 2.27. The molecule has 6 nitrogen and oxygen atoms in total. The van der Waals surface area contributed by atoms with Crippen LogP contribution >= 0.6 is 0 Å². The molecule has 0 atom stereocenters.